The molecule has 9 heteroatoms. The standard InChI is InChI=1S/C21H23ClF2N2O2S.ClH/c22-18-10-21(20(24)11-19(18)23)29(27,28)26-8-3-4-15(13-26)12-25-9-7-16-5-1-2-6-17(16)14-25;/h1-2,5-6,10-11,15H,3-4,7-9,12-14H2;1H. The lowest BCUT2D eigenvalue weighted by Gasteiger charge is -2.36. The summed E-state index contributed by atoms with van der Waals surface area (Å²) in [6.45, 7) is 3.27. The first-order valence-electron chi connectivity index (χ1n) is 9.78. The molecular weight excluding hydrogens is 453 g/mol. The van der Waals surface area contributed by atoms with Crippen LogP contribution in [0, 0.1) is 17.6 Å². The Balaban J connectivity index is 0.00000256. The van der Waals surface area contributed by atoms with Crippen molar-refractivity contribution >= 4 is 34.0 Å². The number of halogens is 4. The van der Waals surface area contributed by atoms with E-state index in [1.807, 2.05) is 6.07 Å². The highest BCUT2D eigenvalue weighted by atomic mass is 35.5. The van der Waals surface area contributed by atoms with Gasteiger partial charge < -0.3 is 0 Å². The summed E-state index contributed by atoms with van der Waals surface area (Å²) in [5, 5.41) is -0.398. The fourth-order valence-corrected chi connectivity index (χ4v) is 6.17. The molecule has 1 fully saturated rings. The van der Waals surface area contributed by atoms with Gasteiger partial charge in [0.1, 0.15) is 16.5 Å². The summed E-state index contributed by atoms with van der Waals surface area (Å²) in [6, 6.07) is 9.79. The van der Waals surface area contributed by atoms with Gasteiger partial charge in [-0.3, -0.25) is 4.90 Å². The van der Waals surface area contributed by atoms with Crippen molar-refractivity contribution in [2.75, 3.05) is 26.2 Å². The van der Waals surface area contributed by atoms with Crippen molar-refractivity contribution in [3.8, 4) is 0 Å². The summed E-state index contributed by atoms with van der Waals surface area (Å²) in [7, 11) is -4.07. The molecule has 2 aliphatic rings. The first-order valence-corrected chi connectivity index (χ1v) is 11.6. The molecule has 4 rings (SSSR count). The Hall–Kier alpha value is -1.25. The van der Waals surface area contributed by atoms with Crippen LogP contribution in [0.15, 0.2) is 41.3 Å². The smallest absolute Gasteiger partial charge is 0.246 e. The van der Waals surface area contributed by atoms with Crippen LogP contribution >= 0.6 is 24.0 Å². The molecule has 30 heavy (non-hydrogen) atoms. The molecule has 0 saturated carbocycles. The molecule has 1 atom stereocenters. The Morgan fingerprint density at radius 2 is 1.80 bits per heavy atom. The number of piperidine rings is 1. The van der Waals surface area contributed by atoms with Gasteiger partial charge in [-0.1, -0.05) is 35.9 Å². The highest BCUT2D eigenvalue weighted by Crippen LogP contribution is 2.29. The molecule has 0 radical (unpaired) electrons. The average Bonchev–Trinajstić information content (AvgIpc) is 2.71. The second-order valence-corrected chi connectivity index (χ2v) is 10.1. The highest BCUT2D eigenvalue weighted by molar-refractivity contribution is 7.89. The third-order valence-corrected chi connectivity index (χ3v) is 7.97. The second kappa shape index (κ2) is 9.49. The Labute approximate surface area is 187 Å². The molecule has 0 aliphatic carbocycles. The molecule has 0 amide bonds. The summed E-state index contributed by atoms with van der Waals surface area (Å²) < 4.78 is 54.9. The maximum Gasteiger partial charge on any atom is 0.246 e. The summed E-state index contributed by atoms with van der Waals surface area (Å²) in [5.41, 5.74) is 2.70. The summed E-state index contributed by atoms with van der Waals surface area (Å²) >= 11 is 5.70. The van der Waals surface area contributed by atoms with Crippen LogP contribution in [0.4, 0.5) is 8.78 Å². The number of fused-ring (bicyclic) bond motifs is 1. The third kappa shape index (κ3) is 4.81. The van der Waals surface area contributed by atoms with Gasteiger partial charge in [-0.15, -0.1) is 12.4 Å². The third-order valence-electron chi connectivity index (χ3n) is 5.80. The monoisotopic (exact) mass is 476 g/mol. The van der Waals surface area contributed by atoms with Gasteiger partial charge in [0.2, 0.25) is 10.0 Å². The quantitative estimate of drug-likeness (QED) is 0.609. The molecule has 4 nitrogen and oxygen atoms in total. The van der Waals surface area contributed by atoms with Gasteiger partial charge in [0.15, 0.2) is 0 Å². The number of benzene rings is 2. The SMILES string of the molecule is Cl.O=S(=O)(c1cc(Cl)c(F)cc1F)N1CCCC(CN2CCc3ccccc3C2)C1. The molecule has 164 valence electrons. The minimum absolute atomic E-state index is 0. The fraction of sp³-hybridized carbons (Fsp3) is 0.429. The average molecular weight is 477 g/mol. The number of rotatable bonds is 4. The number of hydrogen-bond donors (Lipinski definition) is 0. The zero-order chi connectivity index (χ0) is 20.6. The molecule has 0 spiro atoms. The first-order chi connectivity index (χ1) is 13.8. The van der Waals surface area contributed by atoms with Gasteiger partial charge in [-0.25, -0.2) is 17.2 Å². The lowest BCUT2D eigenvalue weighted by molar-refractivity contribution is 0.167. The number of sulfonamides is 1. The number of hydrogen-bond acceptors (Lipinski definition) is 3. The second-order valence-electron chi connectivity index (χ2n) is 7.82. The van der Waals surface area contributed by atoms with Crippen LogP contribution in [0.2, 0.25) is 5.02 Å². The summed E-state index contributed by atoms with van der Waals surface area (Å²) in [6.07, 6.45) is 2.63. The van der Waals surface area contributed by atoms with Crippen molar-refractivity contribution in [1.29, 1.82) is 0 Å². The lowest BCUT2D eigenvalue weighted by Crippen LogP contribution is -2.44. The molecule has 1 saturated heterocycles. The van der Waals surface area contributed by atoms with Gasteiger partial charge in [0.05, 0.1) is 5.02 Å². The van der Waals surface area contributed by atoms with Crippen LogP contribution in [-0.2, 0) is 23.0 Å². The van der Waals surface area contributed by atoms with Crippen LogP contribution in [-0.4, -0.2) is 43.8 Å². The van der Waals surface area contributed by atoms with Crippen LogP contribution < -0.4 is 0 Å². The van der Waals surface area contributed by atoms with E-state index in [2.05, 4.69) is 23.1 Å². The van der Waals surface area contributed by atoms with E-state index in [0.29, 0.717) is 25.6 Å². The molecule has 0 aromatic heterocycles. The summed E-state index contributed by atoms with van der Waals surface area (Å²) in [5.74, 6) is -1.91. The maximum absolute atomic E-state index is 14.2. The zero-order valence-electron chi connectivity index (χ0n) is 16.4. The first kappa shape index (κ1) is 23.4. The van der Waals surface area contributed by atoms with Crippen molar-refractivity contribution in [3.05, 3.63) is 64.2 Å². The van der Waals surface area contributed by atoms with E-state index < -0.39 is 31.6 Å². The van der Waals surface area contributed by atoms with Crippen LogP contribution in [0.5, 0.6) is 0 Å². The Morgan fingerprint density at radius 3 is 2.57 bits per heavy atom. The summed E-state index contributed by atoms with van der Waals surface area (Å²) in [4.78, 5) is 1.80. The van der Waals surface area contributed by atoms with Crippen molar-refractivity contribution in [2.24, 2.45) is 5.92 Å². The minimum Gasteiger partial charge on any atom is -0.298 e. The largest absolute Gasteiger partial charge is 0.298 e. The molecule has 2 aromatic rings. The van der Waals surface area contributed by atoms with Crippen LogP contribution in [0.1, 0.15) is 24.0 Å². The van der Waals surface area contributed by atoms with E-state index in [1.54, 1.807) is 0 Å². The van der Waals surface area contributed by atoms with E-state index in [4.69, 9.17) is 11.6 Å². The predicted molar refractivity (Wildman–Crippen MR) is 116 cm³/mol. The molecule has 1 unspecified atom stereocenters. The van der Waals surface area contributed by atoms with E-state index in [9.17, 15) is 17.2 Å². The van der Waals surface area contributed by atoms with E-state index >= 15 is 0 Å². The van der Waals surface area contributed by atoms with Crippen molar-refractivity contribution < 1.29 is 17.2 Å². The van der Waals surface area contributed by atoms with Gasteiger partial charge in [-0.2, -0.15) is 4.31 Å². The van der Waals surface area contributed by atoms with E-state index in [-0.39, 0.29) is 18.3 Å². The zero-order valence-corrected chi connectivity index (χ0v) is 18.7. The van der Waals surface area contributed by atoms with Crippen LogP contribution in [0.3, 0.4) is 0 Å². The van der Waals surface area contributed by atoms with Gasteiger partial charge in [0.25, 0.3) is 0 Å². The Morgan fingerprint density at radius 1 is 1.07 bits per heavy atom. The van der Waals surface area contributed by atoms with Gasteiger partial charge in [0, 0.05) is 38.8 Å². The lowest BCUT2D eigenvalue weighted by atomic mass is 9.95. The topological polar surface area (TPSA) is 40.6 Å². The minimum atomic E-state index is -4.07. The van der Waals surface area contributed by atoms with Crippen LogP contribution in [0.25, 0.3) is 0 Å². The number of nitrogens with zero attached hydrogens (tertiary/aromatic N) is 2. The Bertz CT molecular complexity index is 1020. The maximum atomic E-state index is 14.2. The predicted octanol–water partition coefficient (Wildman–Crippen LogP) is 4.50. The van der Waals surface area contributed by atoms with E-state index in [0.717, 1.165) is 38.5 Å². The van der Waals surface area contributed by atoms with E-state index in [1.165, 1.54) is 15.4 Å². The normalized spacial score (nSPS) is 20.4. The molecule has 2 aromatic carbocycles. The van der Waals surface area contributed by atoms with Gasteiger partial charge >= 0.3 is 0 Å². The van der Waals surface area contributed by atoms with Crippen molar-refractivity contribution in [1.82, 2.24) is 9.21 Å². The van der Waals surface area contributed by atoms with Crippen molar-refractivity contribution in [3.63, 3.8) is 0 Å². The molecule has 0 N–H and O–H groups in total. The highest BCUT2D eigenvalue weighted by Gasteiger charge is 2.33. The molecule has 2 aliphatic heterocycles. The van der Waals surface area contributed by atoms with Crippen molar-refractivity contribution in [2.45, 2.75) is 30.7 Å². The fourth-order valence-electron chi connectivity index (χ4n) is 4.31. The van der Waals surface area contributed by atoms with Gasteiger partial charge in [-0.05, 0) is 42.4 Å². The molecule has 2 heterocycles. The molecule has 0 bridgehead atoms. The molecular formula is C21H24Cl2F2N2O2S. The Kier molecular flexibility index (Phi) is 7.40.